The van der Waals surface area contributed by atoms with Gasteiger partial charge < -0.3 is 16.0 Å². The number of amides is 3. The average molecular weight is 363 g/mol. The van der Waals surface area contributed by atoms with Crippen LogP contribution in [0.5, 0.6) is 0 Å². The van der Waals surface area contributed by atoms with Crippen LogP contribution in [0, 0.1) is 0 Å². The van der Waals surface area contributed by atoms with Crippen molar-refractivity contribution in [3.05, 3.63) is 65.2 Å². The third kappa shape index (κ3) is 3.69. The van der Waals surface area contributed by atoms with Crippen molar-refractivity contribution in [1.82, 2.24) is 10.6 Å². The fourth-order valence-corrected chi connectivity index (χ4v) is 3.75. The highest BCUT2D eigenvalue weighted by atomic mass is 16.2. The molecule has 0 saturated heterocycles. The second-order valence-corrected chi connectivity index (χ2v) is 7.04. The van der Waals surface area contributed by atoms with Crippen LogP contribution in [0.1, 0.15) is 34.3 Å². The SMILES string of the molecule is O=C(CCC1NC(=O)c2ccccc2NC1=O)NC1Cc2ccccc2C1. The lowest BCUT2D eigenvalue weighted by Gasteiger charge is -2.16. The van der Waals surface area contributed by atoms with Gasteiger partial charge in [0, 0.05) is 12.5 Å². The topological polar surface area (TPSA) is 87.3 Å². The Morgan fingerprint density at radius 1 is 1.00 bits per heavy atom. The van der Waals surface area contributed by atoms with Gasteiger partial charge in [-0.2, -0.15) is 0 Å². The van der Waals surface area contributed by atoms with Crippen LogP contribution in [-0.4, -0.2) is 29.8 Å². The summed E-state index contributed by atoms with van der Waals surface area (Å²) in [6.07, 6.45) is 2.11. The minimum absolute atomic E-state index is 0.0942. The molecule has 1 heterocycles. The van der Waals surface area contributed by atoms with Crippen molar-refractivity contribution < 1.29 is 14.4 Å². The Balaban J connectivity index is 1.32. The molecule has 0 saturated carbocycles. The number of hydrogen-bond acceptors (Lipinski definition) is 3. The first-order valence-electron chi connectivity index (χ1n) is 9.17. The van der Waals surface area contributed by atoms with Crippen LogP contribution < -0.4 is 16.0 Å². The maximum atomic E-state index is 12.4. The molecule has 2 aromatic rings. The molecule has 0 radical (unpaired) electrons. The van der Waals surface area contributed by atoms with Gasteiger partial charge in [-0.05, 0) is 42.5 Å². The summed E-state index contributed by atoms with van der Waals surface area (Å²) in [4.78, 5) is 37.0. The Morgan fingerprint density at radius 2 is 1.67 bits per heavy atom. The van der Waals surface area contributed by atoms with Crippen LogP contribution in [0.25, 0.3) is 0 Å². The molecule has 138 valence electrons. The third-order valence-corrected chi connectivity index (χ3v) is 5.13. The summed E-state index contributed by atoms with van der Waals surface area (Å²) >= 11 is 0. The van der Waals surface area contributed by atoms with Gasteiger partial charge in [-0.25, -0.2) is 0 Å². The first-order valence-corrected chi connectivity index (χ1v) is 9.17. The number of anilines is 1. The Hall–Kier alpha value is -3.15. The summed E-state index contributed by atoms with van der Waals surface area (Å²) in [5.41, 5.74) is 3.48. The number of carbonyl (C=O) groups excluding carboxylic acids is 3. The van der Waals surface area contributed by atoms with E-state index in [4.69, 9.17) is 0 Å². The zero-order chi connectivity index (χ0) is 18.8. The lowest BCUT2D eigenvalue weighted by molar-refractivity contribution is -0.122. The molecule has 0 fully saturated rings. The molecule has 3 N–H and O–H groups in total. The minimum atomic E-state index is -0.726. The summed E-state index contributed by atoms with van der Waals surface area (Å²) in [5, 5.41) is 8.52. The molecule has 4 rings (SSSR count). The molecular formula is C21H21N3O3. The Bertz CT molecular complexity index is 884. The number of para-hydroxylation sites is 1. The first kappa shape index (κ1) is 17.3. The lowest BCUT2D eigenvalue weighted by atomic mass is 10.1. The standard InChI is InChI=1S/C21H21N3O3/c25-19(22-15-11-13-5-1-2-6-14(13)12-15)10-9-18-21(27)23-17-8-4-3-7-16(17)20(26)24-18/h1-8,15,18H,9-12H2,(H,22,25)(H,23,27)(H,24,26). The van der Waals surface area contributed by atoms with Crippen molar-refractivity contribution in [1.29, 1.82) is 0 Å². The molecule has 1 atom stereocenters. The van der Waals surface area contributed by atoms with E-state index in [1.54, 1.807) is 24.3 Å². The van der Waals surface area contributed by atoms with Crippen molar-refractivity contribution in [3.8, 4) is 0 Å². The summed E-state index contributed by atoms with van der Waals surface area (Å²) in [5.74, 6) is -0.702. The average Bonchev–Trinajstić information content (AvgIpc) is 3.02. The van der Waals surface area contributed by atoms with Gasteiger partial charge >= 0.3 is 0 Å². The van der Waals surface area contributed by atoms with Gasteiger partial charge in [-0.1, -0.05) is 36.4 Å². The second kappa shape index (κ2) is 7.23. The van der Waals surface area contributed by atoms with Gasteiger partial charge in [0.05, 0.1) is 11.3 Å². The van der Waals surface area contributed by atoms with Crippen molar-refractivity contribution in [3.63, 3.8) is 0 Å². The molecule has 1 unspecified atom stereocenters. The van der Waals surface area contributed by atoms with E-state index in [2.05, 4.69) is 28.1 Å². The van der Waals surface area contributed by atoms with Gasteiger partial charge in [0.1, 0.15) is 6.04 Å². The number of nitrogens with one attached hydrogen (secondary N) is 3. The molecule has 6 nitrogen and oxygen atoms in total. The van der Waals surface area contributed by atoms with E-state index in [0.717, 1.165) is 12.8 Å². The van der Waals surface area contributed by atoms with Gasteiger partial charge in [0.2, 0.25) is 11.8 Å². The molecular weight excluding hydrogens is 342 g/mol. The summed E-state index contributed by atoms with van der Waals surface area (Å²) < 4.78 is 0. The lowest BCUT2D eigenvalue weighted by Crippen LogP contribution is -2.42. The summed E-state index contributed by atoms with van der Waals surface area (Å²) in [7, 11) is 0. The largest absolute Gasteiger partial charge is 0.353 e. The molecule has 2 aliphatic rings. The van der Waals surface area contributed by atoms with Crippen molar-refractivity contribution in [2.45, 2.75) is 37.8 Å². The molecule has 0 spiro atoms. The maximum Gasteiger partial charge on any atom is 0.254 e. The van der Waals surface area contributed by atoms with Gasteiger partial charge in [-0.15, -0.1) is 0 Å². The second-order valence-electron chi connectivity index (χ2n) is 7.04. The smallest absolute Gasteiger partial charge is 0.254 e. The van der Waals surface area contributed by atoms with E-state index >= 15 is 0 Å². The first-order chi connectivity index (χ1) is 13.1. The summed E-state index contributed by atoms with van der Waals surface area (Å²) in [6.45, 7) is 0. The van der Waals surface area contributed by atoms with E-state index in [-0.39, 0.29) is 36.6 Å². The Kier molecular flexibility index (Phi) is 4.62. The van der Waals surface area contributed by atoms with Gasteiger partial charge in [0.15, 0.2) is 0 Å². The molecule has 3 amide bonds. The van der Waals surface area contributed by atoms with Crippen LogP contribution in [0.3, 0.4) is 0 Å². The molecule has 1 aliphatic heterocycles. The van der Waals surface area contributed by atoms with E-state index < -0.39 is 6.04 Å². The van der Waals surface area contributed by atoms with Crippen molar-refractivity contribution >= 4 is 23.4 Å². The number of benzene rings is 2. The summed E-state index contributed by atoms with van der Waals surface area (Å²) in [6, 6.07) is 14.4. The van der Waals surface area contributed by atoms with Crippen molar-refractivity contribution in [2.75, 3.05) is 5.32 Å². The van der Waals surface area contributed by atoms with E-state index in [9.17, 15) is 14.4 Å². The van der Waals surface area contributed by atoms with Gasteiger partial charge in [0.25, 0.3) is 5.91 Å². The minimum Gasteiger partial charge on any atom is -0.353 e. The molecule has 27 heavy (non-hydrogen) atoms. The highest BCUT2D eigenvalue weighted by Gasteiger charge is 2.28. The van der Waals surface area contributed by atoms with Crippen LogP contribution >= 0.6 is 0 Å². The normalized spacial score (nSPS) is 18.7. The highest BCUT2D eigenvalue weighted by molar-refractivity contribution is 6.09. The molecule has 0 aromatic heterocycles. The highest BCUT2D eigenvalue weighted by Crippen LogP contribution is 2.22. The number of hydrogen-bond donors (Lipinski definition) is 3. The van der Waals surface area contributed by atoms with Crippen molar-refractivity contribution in [2.24, 2.45) is 0 Å². The fourth-order valence-electron chi connectivity index (χ4n) is 3.75. The van der Waals surface area contributed by atoms with Crippen LogP contribution in [0.2, 0.25) is 0 Å². The maximum absolute atomic E-state index is 12.4. The third-order valence-electron chi connectivity index (χ3n) is 5.13. The molecule has 1 aliphatic carbocycles. The number of fused-ring (bicyclic) bond motifs is 2. The molecule has 0 bridgehead atoms. The zero-order valence-corrected chi connectivity index (χ0v) is 14.8. The van der Waals surface area contributed by atoms with Gasteiger partial charge in [-0.3, -0.25) is 14.4 Å². The number of rotatable bonds is 4. The molecule has 6 heteroatoms. The predicted octanol–water partition coefficient (Wildman–Crippen LogP) is 1.80. The van der Waals surface area contributed by atoms with E-state index in [0.29, 0.717) is 11.3 Å². The fraction of sp³-hybridized carbons (Fsp3) is 0.286. The van der Waals surface area contributed by atoms with E-state index in [1.165, 1.54) is 11.1 Å². The monoisotopic (exact) mass is 363 g/mol. The van der Waals surface area contributed by atoms with E-state index in [1.807, 2.05) is 12.1 Å². The number of carbonyl (C=O) groups is 3. The zero-order valence-electron chi connectivity index (χ0n) is 14.8. The predicted molar refractivity (Wildman–Crippen MR) is 101 cm³/mol. The van der Waals surface area contributed by atoms with Crippen LogP contribution in [0.15, 0.2) is 48.5 Å². The van der Waals surface area contributed by atoms with Crippen LogP contribution in [0.4, 0.5) is 5.69 Å². The Morgan fingerprint density at radius 3 is 2.41 bits per heavy atom. The quantitative estimate of drug-likeness (QED) is 0.774. The Labute approximate surface area is 157 Å². The van der Waals surface area contributed by atoms with Crippen LogP contribution in [-0.2, 0) is 22.4 Å². The molecule has 2 aromatic carbocycles.